The maximum Gasteiger partial charge on any atom is 0.219 e. The normalized spacial score (nSPS) is 30.6. The zero-order chi connectivity index (χ0) is 28.4. The number of Topliss-reactive ketones (excluding diaryl/α,β-unsaturated/α-hetero) is 1. The van der Waals surface area contributed by atoms with Crippen molar-refractivity contribution < 1.29 is 18.8 Å². The van der Waals surface area contributed by atoms with Crippen molar-refractivity contribution >= 4 is 11.6 Å². The van der Waals surface area contributed by atoms with Gasteiger partial charge in [0.2, 0.25) is 17.5 Å². The molecule has 2 aliphatic heterocycles. The Bertz CT molecular complexity index is 1310. The largest absolute Gasteiger partial charge is 0.473 e. The molecule has 0 bridgehead atoms. The van der Waals surface area contributed by atoms with Crippen LogP contribution in [-0.2, 0) is 21.4 Å². The molecule has 2 spiro atoms. The lowest BCUT2D eigenvalue weighted by Crippen LogP contribution is -2.53. The standard InChI is InChI=1S/C31H44N6O4/c1-20(23-16-21(39-4)18-35(23)2)40-26-17-25(37-15-14-36(3)30(19-37)12-13-30)32-29(33-26)27-22-8-7-11-31(28(22)34-41-27)10-6-5-9-24(31)38/h17,20-21,23H,5-16,18-19H2,1-4H3/t20-,21+,23-,31+/m0/s1. The van der Waals surface area contributed by atoms with E-state index < -0.39 is 5.41 Å². The number of carbonyl (C=O) groups excluding carboxylic acids is 1. The fourth-order valence-corrected chi connectivity index (χ4v) is 8.03. The van der Waals surface area contributed by atoms with E-state index in [4.69, 9.17) is 24.0 Å². The van der Waals surface area contributed by atoms with Crippen molar-refractivity contribution in [3.8, 4) is 17.5 Å². The third-order valence-corrected chi connectivity index (χ3v) is 10.9. The molecule has 0 aromatic carbocycles. The quantitative estimate of drug-likeness (QED) is 0.518. The van der Waals surface area contributed by atoms with Crippen molar-refractivity contribution in [2.45, 2.75) is 100 Å². The zero-order valence-corrected chi connectivity index (χ0v) is 25.0. The highest BCUT2D eigenvalue weighted by molar-refractivity contribution is 5.91. The fourth-order valence-electron chi connectivity index (χ4n) is 8.03. The first-order valence-corrected chi connectivity index (χ1v) is 15.6. The van der Waals surface area contributed by atoms with E-state index in [0.717, 1.165) is 88.2 Å². The number of hydrogen-bond donors (Lipinski definition) is 0. The molecule has 2 saturated carbocycles. The van der Waals surface area contributed by atoms with Gasteiger partial charge in [0.25, 0.3) is 0 Å². The van der Waals surface area contributed by atoms with Gasteiger partial charge in [-0.2, -0.15) is 4.98 Å². The van der Waals surface area contributed by atoms with E-state index in [2.05, 4.69) is 40.9 Å². The number of rotatable bonds is 6. The first kappa shape index (κ1) is 27.3. The minimum Gasteiger partial charge on any atom is -0.473 e. The summed E-state index contributed by atoms with van der Waals surface area (Å²) >= 11 is 0. The molecule has 10 nitrogen and oxygen atoms in total. The predicted octanol–water partition coefficient (Wildman–Crippen LogP) is 3.62. The highest BCUT2D eigenvalue weighted by Gasteiger charge is 2.50. The second-order valence-electron chi connectivity index (χ2n) is 13.3. The molecular formula is C31H44N6O4. The summed E-state index contributed by atoms with van der Waals surface area (Å²) in [5.41, 5.74) is 1.60. The second-order valence-corrected chi connectivity index (χ2v) is 13.3. The van der Waals surface area contributed by atoms with Crippen LogP contribution in [0.25, 0.3) is 11.6 Å². The van der Waals surface area contributed by atoms with Crippen molar-refractivity contribution in [2.75, 3.05) is 52.3 Å². The number of hydrogen-bond acceptors (Lipinski definition) is 10. The Labute approximate surface area is 242 Å². The Morgan fingerprint density at radius 3 is 2.66 bits per heavy atom. The summed E-state index contributed by atoms with van der Waals surface area (Å²) in [7, 11) is 6.14. The molecule has 41 heavy (non-hydrogen) atoms. The van der Waals surface area contributed by atoms with E-state index >= 15 is 0 Å². The summed E-state index contributed by atoms with van der Waals surface area (Å²) in [4.78, 5) is 30.5. The molecule has 222 valence electrons. The molecule has 3 aliphatic carbocycles. The molecule has 4 fully saturated rings. The minimum atomic E-state index is -0.500. The average molecular weight is 565 g/mol. The molecule has 2 aromatic rings. The van der Waals surface area contributed by atoms with E-state index in [1.165, 1.54) is 12.8 Å². The zero-order valence-electron chi connectivity index (χ0n) is 25.0. The summed E-state index contributed by atoms with van der Waals surface area (Å²) in [6.45, 7) is 5.85. The minimum absolute atomic E-state index is 0.0789. The number of nitrogens with zero attached hydrogens (tertiary/aromatic N) is 6. The Morgan fingerprint density at radius 2 is 1.90 bits per heavy atom. The second kappa shape index (κ2) is 10.3. The first-order chi connectivity index (χ1) is 19.8. The Balaban J connectivity index is 1.25. The van der Waals surface area contributed by atoms with Crippen LogP contribution in [0.5, 0.6) is 5.88 Å². The van der Waals surface area contributed by atoms with Crippen LogP contribution in [0.15, 0.2) is 10.6 Å². The van der Waals surface area contributed by atoms with Crippen molar-refractivity contribution in [3.63, 3.8) is 0 Å². The molecule has 7 rings (SSSR count). The highest BCUT2D eigenvalue weighted by atomic mass is 16.5. The molecule has 5 aliphatic rings. The number of methoxy groups -OCH3 is 1. The Hall–Kier alpha value is -2.56. The van der Waals surface area contributed by atoms with Crippen molar-refractivity contribution in [3.05, 3.63) is 17.3 Å². The predicted molar refractivity (Wildman–Crippen MR) is 154 cm³/mol. The molecule has 0 radical (unpaired) electrons. The molecular weight excluding hydrogens is 520 g/mol. The van der Waals surface area contributed by atoms with Crippen molar-refractivity contribution in [1.29, 1.82) is 0 Å². The van der Waals surface area contributed by atoms with Crippen LogP contribution in [0, 0.1) is 0 Å². The topological polar surface area (TPSA) is 97.1 Å². The van der Waals surface area contributed by atoms with E-state index in [1.807, 2.05) is 6.07 Å². The van der Waals surface area contributed by atoms with Crippen LogP contribution in [-0.4, -0.2) is 102 Å². The number of anilines is 1. The number of carbonyl (C=O) groups is 1. The lowest BCUT2D eigenvalue weighted by atomic mass is 9.64. The third kappa shape index (κ3) is 4.66. The van der Waals surface area contributed by atoms with E-state index in [9.17, 15) is 4.79 Å². The van der Waals surface area contributed by atoms with Gasteiger partial charge in [-0.3, -0.25) is 14.6 Å². The van der Waals surface area contributed by atoms with E-state index in [1.54, 1.807) is 7.11 Å². The summed E-state index contributed by atoms with van der Waals surface area (Å²) in [6.07, 6.45) is 9.65. The monoisotopic (exact) mass is 564 g/mol. The molecule has 10 heteroatoms. The number of fused-ring (bicyclic) bond motifs is 2. The van der Waals surface area contributed by atoms with Gasteiger partial charge < -0.3 is 18.9 Å². The Kier molecular flexibility index (Phi) is 6.86. The van der Waals surface area contributed by atoms with Gasteiger partial charge in [-0.05, 0) is 72.4 Å². The van der Waals surface area contributed by atoms with Crippen molar-refractivity contribution in [1.82, 2.24) is 24.9 Å². The smallest absolute Gasteiger partial charge is 0.219 e. The molecule has 4 atom stereocenters. The van der Waals surface area contributed by atoms with Gasteiger partial charge in [-0.15, -0.1) is 0 Å². The summed E-state index contributed by atoms with van der Waals surface area (Å²) in [5.74, 6) is 2.86. The van der Waals surface area contributed by atoms with Gasteiger partial charge in [-0.1, -0.05) is 11.6 Å². The van der Waals surface area contributed by atoms with E-state index in [0.29, 0.717) is 29.7 Å². The molecule has 2 aromatic heterocycles. The molecule has 0 N–H and O–H groups in total. The van der Waals surface area contributed by atoms with Crippen LogP contribution in [0.4, 0.5) is 5.82 Å². The highest BCUT2D eigenvalue weighted by Crippen LogP contribution is 2.48. The van der Waals surface area contributed by atoms with Gasteiger partial charge in [0.05, 0.1) is 11.5 Å². The van der Waals surface area contributed by atoms with Gasteiger partial charge in [0.15, 0.2) is 0 Å². The number of ether oxygens (including phenoxy) is 2. The maximum atomic E-state index is 13.2. The van der Waals surface area contributed by atoms with Crippen LogP contribution in [0.2, 0.25) is 0 Å². The number of piperazine rings is 1. The maximum absolute atomic E-state index is 13.2. The van der Waals surface area contributed by atoms with Crippen LogP contribution in [0.1, 0.15) is 76.0 Å². The molecule has 4 heterocycles. The van der Waals surface area contributed by atoms with Gasteiger partial charge in [0, 0.05) is 62.9 Å². The van der Waals surface area contributed by atoms with Crippen LogP contribution < -0.4 is 9.64 Å². The number of likely N-dealkylation sites (N-methyl/N-ethyl adjacent to an activating group) is 2. The Morgan fingerprint density at radius 1 is 1.07 bits per heavy atom. The fraction of sp³-hybridized carbons (Fsp3) is 0.742. The summed E-state index contributed by atoms with van der Waals surface area (Å²) < 4.78 is 18.3. The summed E-state index contributed by atoms with van der Waals surface area (Å²) in [5, 5.41) is 4.57. The summed E-state index contributed by atoms with van der Waals surface area (Å²) in [6, 6.07) is 2.23. The van der Waals surface area contributed by atoms with Crippen LogP contribution >= 0.6 is 0 Å². The number of ketones is 1. The van der Waals surface area contributed by atoms with Gasteiger partial charge >= 0.3 is 0 Å². The van der Waals surface area contributed by atoms with Crippen LogP contribution in [0.3, 0.4) is 0 Å². The average Bonchev–Trinajstić information content (AvgIpc) is 3.42. The van der Waals surface area contributed by atoms with Gasteiger partial charge in [-0.25, -0.2) is 4.98 Å². The number of aromatic nitrogens is 3. The van der Waals surface area contributed by atoms with Crippen molar-refractivity contribution in [2.24, 2.45) is 0 Å². The lowest BCUT2D eigenvalue weighted by Gasteiger charge is -2.40. The number of likely N-dealkylation sites (tertiary alicyclic amines) is 1. The third-order valence-electron chi connectivity index (χ3n) is 10.9. The van der Waals surface area contributed by atoms with E-state index in [-0.39, 0.29) is 23.8 Å². The first-order valence-electron chi connectivity index (χ1n) is 15.6. The molecule has 0 amide bonds. The lowest BCUT2D eigenvalue weighted by molar-refractivity contribution is -0.127. The SMILES string of the molecule is CO[C@@H]1C[C@@H]([C@H](C)Oc2cc(N3CCN(C)C4(CC4)C3)nc(-c3onc4c3CCC[C@@]43CCCCC3=O)n2)N(C)C1. The molecule has 2 saturated heterocycles. The van der Waals surface area contributed by atoms with Gasteiger partial charge in [0.1, 0.15) is 23.4 Å². The molecule has 0 unspecified atom stereocenters.